The molecule has 1 aliphatic heterocycles. The van der Waals surface area contributed by atoms with Crippen molar-refractivity contribution in [3.63, 3.8) is 0 Å². The molecule has 1 rings (SSSR count). The lowest BCUT2D eigenvalue weighted by Gasteiger charge is -2.37. The SMILES string of the molecule is CC(C)[C@@H]1C(=O)O[C@H]1C(=O)OC(C)(C)C. The van der Waals surface area contributed by atoms with E-state index in [9.17, 15) is 9.59 Å². The maximum atomic E-state index is 11.6. The Morgan fingerprint density at radius 1 is 1.40 bits per heavy atom. The Kier molecular flexibility index (Phi) is 3.07. The molecule has 0 aromatic carbocycles. The fraction of sp³-hybridized carbons (Fsp3) is 0.818. The van der Waals surface area contributed by atoms with E-state index in [1.165, 1.54) is 0 Å². The lowest BCUT2D eigenvalue weighted by Crippen LogP contribution is -2.54. The van der Waals surface area contributed by atoms with Crippen molar-refractivity contribution in [2.24, 2.45) is 11.8 Å². The number of rotatable bonds is 2. The van der Waals surface area contributed by atoms with E-state index >= 15 is 0 Å². The first-order valence-electron chi connectivity index (χ1n) is 5.16. The van der Waals surface area contributed by atoms with Crippen LogP contribution in [-0.2, 0) is 19.1 Å². The van der Waals surface area contributed by atoms with Crippen molar-refractivity contribution in [3.05, 3.63) is 0 Å². The highest BCUT2D eigenvalue weighted by Crippen LogP contribution is 2.31. The molecule has 0 aliphatic carbocycles. The average molecular weight is 214 g/mol. The standard InChI is InChI=1S/C11H18O4/c1-6(2)7-8(14-9(7)12)10(13)15-11(3,4)5/h6-8H,1-5H3/t7-,8+/m0/s1. The molecule has 1 aliphatic rings. The molecule has 0 spiro atoms. The maximum Gasteiger partial charge on any atom is 0.348 e. The third-order valence-corrected chi connectivity index (χ3v) is 2.20. The molecule has 0 saturated carbocycles. The van der Waals surface area contributed by atoms with Crippen molar-refractivity contribution in [3.8, 4) is 0 Å². The van der Waals surface area contributed by atoms with Gasteiger partial charge in [0.25, 0.3) is 0 Å². The zero-order chi connectivity index (χ0) is 11.8. The van der Waals surface area contributed by atoms with Crippen LogP contribution in [0.3, 0.4) is 0 Å². The van der Waals surface area contributed by atoms with Crippen molar-refractivity contribution in [1.82, 2.24) is 0 Å². The van der Waals surface area contributed by atoms with Crippen molar-refractivity contribution < 1.29 is 19.1 Å². The molecule has 4 nitrogen and oxygen atoms in total. The molecule has 0 unspecified atom stereocenters. The number of hydrogen-bond acceptors (Lipinski definition) is 4. The van der Waals surface area contributed by atoms with Gasteiger partial charge in [0, 0.05) is 0 Å². The number of carbonyl (C=O) groups excluding carboxylic acids is 2. The van der Waals surface area contributed by atoms with Gasteiger partial charge in [-0.25, -0.2) is 4.79 Å². The molecule has 0 bridgehead atoms. The van der Waals surface area contributed by atoms with Gasteiger partial charge in [-0.2, -0.15) is 0 Å². The summed E-state index contributed by atoms with van der Waals surface area (Å²) in [6, 6.07) is 0. The minimum absolute atomic E-state index is 0.101. The number of cyclic esters (lactones) is 1. The van der Waals surface area contributed by atoms with Gasteiger partial charge in [0.05, 0.1) is 0 Å². The second-order valence-corrected chi connectivity index (χ2v) is 5.16. The third-order valence-electron chi connectivity index (χ3n) is 2.20. The molecule has 1 fully saturated rings. The lowest BCUT2D eigenvalue weighted by atomic mass is 9.86. The van der Waals surface area contributed by atoms with E-state index in [1.54, 1.807) is 20.8 Å². The van der Waals surface area contributed by atoms with Crippen LogP contribution in [-0.4, -0.2) is 23.6 Å². The van der Waals surface area contributed by atoms with Gasteiger partial charge in [0.1, 0.15) is 11.5 Å². The van der Waals surface area contributed by atoms with E-state index in [0.717, 1.165) is 0 Å². The zero-order valence-corrected chi connectivity index (χ0v) is 9.87. The highest BCUT2D eigenvalue weighted by atomic mass is 16.6. The smallest absolute Gasteiger partial charge is 0.348 e. The summed E-state index contributed by atoms with van der Waals surface area (Å²) in [4.78, 5) is 22.7. The summed E-state index contributed by atoms with van der Waals surface area (Å²) in [5, 5.41) is 0. The Balaban J connectivity index is 2.59. The van der Waals surface area contributed by atoms with Gasteiger partial charge in [-0.05, 0) is 26.7 Å². The molecule has 0 N–H and O–H groups in total. The predicted molar refractivity (Wildman–Crippen MR) is 54.1 cm³/mol. The van der Waals surface area contributed by atoms with Crippen LogP contribution in [0.1, 0.15) is 34.6 Å². The minimum atomic E-state index is -0.711. The third kappa shape index (κ3) is 2.70. The molecule has 1 saturated heterocycles. The first-order chi connectivity index (χ1) is 6.72. The quantitative estimate of drug-likeness (QED) is 0.654. The van der Waals surface area contributed by atoms with Crippen LogP contribution in [0.2, 0.25) is 0 Å². The van der Waals surface area contributed by atoms with E-state index in [0.29, 0.717) is 0 Å². The lowest BCUT2D eigenvalue weighted by molar-refractivity contribution is -0.207. The van der Waals surface area contributed by atoms with E-state index < -0.39 is 17.7 Å². The Morgan fingerprint density at radius 2 is 1.93 bits per heavy atom. The molecular formula is C11H18O4. The van der Waals surface area contributed by atoms with E-state index in [-0.39, 0.29) is 17.8 Å². The second kappa shape index (κ2) is 3.83. The molecule has 0 amide bonds. The fourth-order valence-electron chi connectivity index (χ4n) is 1.50. The van der Waals surface area contributed by atoms with E-state index in [2.05, 4.69) is 0 Å². The summed E-state index contributed by atoms with van der Waals surface area (Å²) in [7, 11) is 0. The first kappa shape index (κ1) is 12.0. The molecule has 0 aromatic heterocycles. The summed E-state index contributed by atoms with van der Waals surface area (Å²) in [5.41, 5.74) is -0.541. The molecule has 0 aromatic rings. The molecule has 2 atom stereocenters. The van der Waals surface area contributed by atoms with Crippen molar-refractivity contribution in [2.45, 2.75) is 46.3 Å². The minimum Gasteiger partial charge on any atom is -0.457 e. The van der Waals surface area contributed by atoms with Crippen molar-refractivity contribution in [2.75, 3.05) is 0 Å². The first-order valence-corrected chi connectivity index (χ1v) is 5.16. The highest BCUT2D eigenvalue weighted by Gasteiger charge is 2.50. The Bertz CT molecular complexity index is 275. The largest absolute Gasteiger partial charge is 0.457 e. The normalized spacial score (nSPS) is 25.9. The van der Waals surface area contributed by atoms with Gasteiger partial charge >= 0.3 is 11.9 Å². The second-order valence-electron chi connectivity index (χ2n) is 5.16. The van der Waals surface area contributed by atoms with Gasteiger partial charge in [-0.1, -0.05) is 13.8 Å². The summed E-state index contributed by atoms with van der Waals surface area (Å²) in [6.45, 7) is 9.15. The van der Waals surface area contributed by atoms with Crippen LogP contribution in [0.15, 0.2) is 0 Å². The van der Waals surface area contributed by atoms with Crippen LogP contribution >= 0.6 is 0 Å². The highest BCUT2D eigenvalue weighted by molar-refractivity contribution is 5.91. The van der Waals surface area contributed by atoms with Gasteiger partial charge < -0.3 is 9.47 Å². The van der Waals surface area contributed by atoms with Gasteiger partial charge in [-0.3, -0.25) is 4.79 Å². The number of esters is 2. The van der Waals surface area contributed by atoms with E-state index in [1.807, 2.05) is 13.8 Å². The number of carbonyl (C=O) groups is 2. The summed E-state index contributed by atoms with van der Waals surface area (Å²) in [5.74, 6) is -0.995. The van der Waals surface area contributed by atoms with Crippen LogP contribution < -0.4 is 0 Å². The maximum absolute atomic E-state index is 11.6. The Labute approximate surface area is 89.9 Å². The topological polar surface area (TPSA) is 52.6 Å². The van der Waals surface area contributed by atoms with Gasteiger partial charge in [-0.15, -0.1) is 0 Å². The van der Waals surface area contributed by atoms with Crippen LogP contribution in [0.4, 0.5) is 0 Å². The molecule has 1 heterocycles. The molecule has 0 radical (unpaired) electrons. The van der Waals surface area contributed by atoms with Gasteiger partial charge in [0.15, 0.2) is 0 Å². The Hall–Kier alpha value is -1.06. The molecular weight excluding hydrogens is 196 g/mol. The van der Waals surface area contributed by atoms with Crippen LogP contribution in [0.25, 0.3) is 0 Å². The Morgan fingerprint density at radius 3 is 2.27 bits per heavy atom. The van der Waals surface area contributed by atoms with Crippen LogP contribution in [0, 0.1) is 11.8 Å². The van der Waals surface area contributed by atoms with Crippen molar-refractivity contribution in [1.29, 1.82) is 0 Å². The average Bonchev–Trinajstić information content (AvgIpc) is 1.94. The molecule has 15 heavy (non-hydrogen) atoms. The number of hydrogen-bond donors (Lipinski definition) is 0. The van der Waals surface area contributed by atoms with Crippen molar-refractivity contribution >= 4 is 11.9 Å². The fourth-order valence-corrected chi connectivity index (χ4v) is 1.50. The van der Waals surface area contributed by atoms with E-state index in [4.69, 9.17) is 9.47 Å². The molecule has 4 heteroatoms. The summed E-state index contributed by atoms with van der Waals surface area (Å²) in [6.07, 6.45) is -0.711. The summed E-state index contributed by atoms with van der Waals surface area (Å²) < 4.78 is 9.96. The predicted octanol–water partition coefficient (Wildman–Crippen LogP) is 1.53. The summed E-state index contributed by atoms with van der Waals surface area (Å²) >= 11 is 0. The van der Waals surface area contributed by atoms with Gasteiger partial charge in [0.2, 0.25) is 6.10 Å². The zero-order valence-electron chi connectivity index (χ0n) is 9.87. The number of ether oxygens (including phenoxy) is 2. The van der Waals surface area contributed by atoms with Crippen LogP contribution in [0.5, 0.6) is 0 Å². The molecule has 86 valence electrons. The monoisotopic (exact) mass is 214 g/mol.